The van der Waals surface area contributed by atoms with Crippen molar-refractivity contribution in [1.82, 2.24) is 9.97 Å². The van der Waals surface area contributed by atoms with E-state index in [1.807, 2.05) is 60.7 Å². The highest BCUT2D eigenvalue weighted by atomic mass is 16.3. The quantitative estimate of drug-likeness (QED) is 0.691. The minimum atomic E-state index is 0.122. The largest absolute Gasteiger partial charge is 0.507 e. The Labute approximate surface area is 140 Å². The lowest BCUT2D eigenvalue weighted by Gasteiger charge is -2.02. The summed E-state index contributed by atoms with van der Waals surface area (Å²) in [6, 6.07) is 20.1. The molecule has 0 bridgehead atoms. The van der Waals surface area contributed by atoms with Crippen LogP contribution >= 0.6 is 0 Å². The van der Waals surface area contributed by atoms with Gasteiger partial charge >= 0.3 is 0 Å². The molecule has 0 spiro atoms. The Morgan fingerprint density at radius 1 is 0.667 bits per heavy atom. The molecule has 0 saturated carbocycles. The first kappa shape index (κ1) is 15.5. The molecule has 0 fully saturated rings. The van der Waals surface area contributed by atoms with Crippen molar-refractivity contribution in [2.75, 3.05) is 0 Å². The first-order valence-corrected chi connectivity index (χ1v) is 7.46. The number of hydrogen-bond donors (Lipinski definition) is 2. The predicted octanol–water partition coefficient (Wildman–Crippen LogP) is 4.59. The fourth-order valence-electron chi connectivity index (χ4n) is 2.21. The van der Waals surface area contributed by atoms with Gasteiger partial charge in [0.1, 0.15) is 17.8 Å². The molecule has 0 aliphatic carbocycles. The molecule has 2 N–H and O–H groups in total. The average molecular weight is 316 g/mol. The Balaban J connectivity index is 1.87. The van der Waals surface area contributed by atoms with Crippen molar-refractivity contribution in [3.63, 3.8) is 0 Å². The molecule has 118 valence electrons. The molecule has 4 nitrogen and oxygen atoms in total. The van der Waals surface area contributed by atoms with E-state index >= 15 is 0 Å². The van der Waals surface area contributed by atoms with Crippen LogP contribution in [0.5, 0.6) is 0 Å². The lowest BCUT2D eigenvalue weighted by molar-refractivity contribution is 0.515. The molecule has 4 heteroatoms. The molecule has 0 atom stereocenters. The Morgan fingerprint density at radius 3 is 1.50 bits per heavy atom. The van der Waals surface area contributed by atoms with Crippen LogP contribution < -0.4 is 0 Å². The van der Waals surface area contributed by atoms with Gasteiger partial charge in [-0.25, -0.2) is 9.97 Å². The lowest BCUT2D eigenvalue weighted by atomic mass is 10.1. The van der Waals surface area contributed by atoms with Crippen molar-refractivity contribution in [2.24, 2.45) is 0 Å². The van der Waals surface area contributed by atoms with E-state index in [4.69, 9.17) is 0 Å². The van der Waals surface area contributed by atoms with Crippen molar-refractivity contribution in [3.8, 4) is 0 Å². The zero-order chi connectivity index (χ0) is 16.8. The smallest absolute Gasteiger partial charge is 0.124 e. The SMILES string of the molecule is O/C(=C\c1cc(/C=C(/O)c2ccccc2)ncn1)c1ccccc1. The van der Waals surface area contributed by atoms with E-state index in [1.54, 1.807) is 18.2 Å². The number of rotatable bonds is 4. The average Bonchev–Trinajstić information content (AvgIpc) is 2.63. The van der Waals surface area contributed by atoms with Crippen LogP contribution in [0, 0.1) is 0 Å². The molecule has 1 aromatic heterocycles. The molecule has 0 saturated heterocycles. The summed E-state index contributed by atoms with van der Waals surface area (Å²) in [7, 11) is 0. The van der Waals surface area contributed by atoms with Crippen LogP contribution in [0.1, 0.15) is 22.5 Å². The van der Waals surface area contributed by atoms with E-state index in [2.05, 4.69) is 9.97 Å². The third kappa shape index (κ3) is 3.87. The summed E-state index contributed by atoms with van der Waals surface area (Å²) in [6.45, 7) is 0. The summed E-state index contributed by atoms with van der Waals surface area (Å²) in [4.78, 5) is 8.25. The van der Waals surface area contributed by atoms with Gasteiger partial charge < -0.3 is 10.2 Å². The van der Waals surface area contributed by atoms with Gasteiger partial charge in [0.25, 0.3) is 0 Å². The topological polar surface area (TPSA) is 66.2 Å². The predicted molar refractivity (Wildman–Crippen MR) is 95.9 cm³/mol. The summed E-state index contributed by atoms with van der Waals surface area (Å²) in [5.74, 6) is 0.244. The van der Waals surface area contributed by atoms with Gasteiger partial charge in [-0.3, -0.25) is 0 Å². The maximum Gasteiger partial charge on any atom is 0.124 e. The van der Waals surface area contributed by atoms with E-state index in [-0.39, 0.29) is 11.5 Å². The number of benzene rings is 2. The minimum Gasteiger partial charge on any atom is -0.507 e. The molecule has 0 unspecified atom stereocenters. The second kappa shape index (κ2) is 7.24. The van der Waals surface area contributed by atoms with Gasteiger partial charge in [-0.1, -0.05) is 60.7 Å². The highest BCUT2D eigenvalue weighted by molar-refractivity contribution is 5.78. The van der Waals surface area contributed by atoms with Gasteiger partial charge in [-0.2, -0.15) is 0 Å². The second-order valence-electron chi connectivity index (χ2n) is 5.16. The molecule has 24 heavy (non-hydrogen) atoms. The fraction of sp³-hybridized carbons (Fsp3) is 0. The summed E-state index contributed by atoms with van der Waals surface area (Å²) in [6.07, 6.45) is 4.52. The maximum absolute atomic E-state index is 10.2. The van der Waals surface area contributed by atoms with Gasteiger partial charge in [-0.05, 0) is 6.07 Å². The van der Waals surface area contributed by atoms with Gasteiger partial charge in [0, 0.05) is 23.3 Å². The van der Waals surface area contributed by atoms with Crippen LogP contribution in [0.2, 0.25) is 0 Å². The van der Waals surface area contributed by atoms with Crippen LogP contribution in [0.3, 0.4) is 0 Å². The molecule has 0 aliphatic rings. The van der Waals surface area contributed by atoms with Gasteiger partial charge in [0.15, 0.2) is 0 Å². The summed E-state index contributed by atoms with van der Waals surface area (Å²) >= 11 is 0. The Kier molecular flexibility index (Phi) is 4.68. The van der Waals surface area contributed by atoms with Crippen LogP contribution in [0.25, 0.3) is 23.7 Å². The van der Waals surface area contributed by atoms with E-state index in [0.29, 0.717) is 22.5 Å². The normalized spacial score (nSPS) is 12.2. The Bertz CT molecular complexity index is 802. The molecule has 3 rings (SSSR count). The van der Waals surface area contributed by atoms with Crippen LogP contribution in [0.4, 0.5) is 0 Å². The van der Waals surface area contributed by atoms with Crippen molar-refractivity contribution < 1.29 is 10.2 Å². The van der Waals surface area contributed by atoms with Crippen molar-refractivity contribution in [2.45, 2.75) is 0 Å². The molecule has 0 aliphatic heterocycles. The Hall–Kier alpha value is -3.40. The molecule has 0 amide bonds. The van der Waals surface area contributed by atoms with Gasteiger partial charge in [0.05, 0.1) is 11.4 Å². The van der Waals surface area contributed by atoms with Crippen molar-refractivity contribution in [3.05, 3.63) is 95.6 Å². The first-order valence-electron chi connectivity index (χ1n) is 7.46. The minimum absolute atomic E-state index is 0.122. The van der Waals surface area contributed by atoms with Crippen LogP contribution in [0.15, 0.2) is 73.1 Å². The molecule has 0 radical (unpaired) electrons. The van der Waals surface area contributed by atoms with Crippen molar-refractivity contribution >= 4 is 23.7 Å². The molecule has 3 aromatic rings. The van der Waals surface area contributed by atoms with Gasteiger partial charge in [0.2, 0.25) is 0 Å². The number of nitrogens with zero attached hydrogens (tertiary/aromatic N) is 2. The highest BCUT2D eigenvalue weighted by Crippen LogP contribution is 2.17. The van der Waals surface area contributed by atoms with E-state index < -0.39 is 0 Å². The summed E-state index contributed by atoms with van der Waals surface area (Å²) in [5.41, 5.74) is 2.53. The monoisotopic (exact) mass is 316 g/mol. The number of aromatic nitrogens is 2. The third-order valence-electron chi connectivity index (χ3n) is 3.42. The Morgan fingerprint density at radius 2 is 1.08 bits per heavy atom. The van der Waals surface area contributed by atoms with Crippen LogP contribution in [-0.2, 0) is 0 Å². The number of hydrogen-bond acceptors (Lipinski definition) is 4. The third-order valence-corrected chi connectivity index (χ3v) is 3.42. The lowest BCUT2D eigenvalue weighted by Crippen LogP contribution is -1.90. The summed E-state index contributed by atoms with van der Waals surface area (Å²) in [5, 5.41) is 20.3. The fourth-order valence-corrected chi connectivity index (χ4v) is 2.21. The molecule has 2 aromatic carbocycles. The van der Waals surface area contributed by atoms with E-state index in [1.165, 1.54) is 6.33 Å². The maximum atomic E-state index is 10.2. The van der Waals surface area contributed by atoms with E-state index in [9.17, 15) is 10.2 Å². The molecule has 1 heterocycles. The van der Waals surface area contributed by atoms with E-state index in [0.717, 1.165) is 0 Å². The summed E-state index contributed by atoms with van der Waals surface area (Å²) < 4.78 is 0. The number of aliphatic hydroxyl groups excluding tert-OH is 2. The van der Waals surface area contributed by atoms with Crippen molar-refractivity contribution in [1.29, 1.82) is 0 Å². The zero-order valence-corrected chi connectivity index (χ0v) is 12.9. The zero-order valence-electron chi connectivity index (χ0n) is 12.9. The van der Waals surface area contributed by atoms with Crippen LogP contribution in [-0.4, -0.2) is 20.2 Å². The highest BCUT2D eigenvalue weighted by Gasteiger charge is 2.02. The second-order valence-corrected chi connectivity index (χ2v) is 5.16. The van der Waals surface area contributed by atoms with Gasteiger partial charge in [-0.15, -0.1) is 0 Å². The number of aliphatic hydroxyl groups is 2. The first-order chi connectivity index (χ1) is 11.7. The standard InChI is InChI=1S/C20H16N2O2/c23-19(15-7-3-1-4-8-15)12-17-11-18(22-14-21-17)13-20(24)16-9-5-2-6-10-16/h1-14,23-24H/b19-12-,20-13+. The molecular formula is C20H16N2O2. The molecular weight excluding hydrogens is 300 g/mol.